The van der Waals surface area contributed by atoms with E-state index >= 15 is 0 Å². The maximum absolute atomic E-state index is 11.9. The van der Waals surface area contributed by atoms with Gasteiger partial charge in [0, 0.05) is 23.2 Å². The summed E-state index contributed by atoms with van der Waals surface area (Å²) in [5, 5.41) is 7.71. The van der Waals surface area contributed by atoms with Crippen molar-refractivity contribution in [2.24, 2.45) is 23.7 Å². The van der Waals surface area contributed by atoms with Crippen molar-refractivity contribution in [1.29, 1.82) is 0 Å². The van der Waals surface area contributed by atoms with Gasteiger partial charge in [-0.25, -0.2) is 9.59 Å². The zero-order chi connectivity index (χ0) is 15.0. The number of fused-ring (bicyclic) bond motifs is 5. The van der Waals surface area contributed by atoms with Gasteiger partial charge in [-0.2, -0.15) is 0 Å². The Labute approximate surface area is 123 Å². The van der Waals surface area contributed by atoms with Crippen molar-refractivity contribution in [3.63, 3.8) is 0 Å². The Bertz CT molecular complexity index is 485. The van der Waals surface area contributed by atoms with E-state index in [1.165, 1.54) is 0 Å². The van der Waals surface area contributed by atoms with E-state index in [1.807, 2.05) is 12.2 Å². The lowest BCUT2D eigenvalue weighted by molar-refractivity contribution is -0.172. The first-order valence-corrected chi connectivity index (χ1v) is 6.40. The molecule has 1 saturated heterocycles. The Morgan fingerprint density at radius 3 is 1.90 bits per heavy atom. The van der Waals surface area contributed by atoms with Gasteiger partial charge in [0.1, 0.15) is 0 Å². The highest BCUT2D eigenvalue weighted by Gasteiger charge is 2.60. The lowest BCUT2D eigenvalue weighted by atomic mass is 9.85. The van der Waals surface area contributed by atoms with Crippen molar-refractivity contribution in [3.8, 4) is 0 Å². The normalized spacial score (nSPS) is 32.8. The third-order valence-electron chi connectivity index (χ3n) is 3.59. The number of halogens is 2. The van der Waals surface area contributed by atoms with Crippen molar-refractivity contribution < 1.29 is 29.1 Å². The number of hydrogen-bond acceptors (Lipinski definition) is 5. The number of nitrogens with zero attached hydrogens (tertiary/aromatic N) is 1. The van der Waals surface area contributed by atoms with Gasteiger partial charge in [-0.15, -0.1) is 5.06 Å². The maximum atomic E-state index is 11.9. The van der Waals surface area contributed by atoms with E-state index in [0.29, 0.717) is 5.06 Å². The number of carboxylic acid groups (broad SMARTS) is 1. The van der Waals surface area contributed by atoms with Crippen LogP contribution in [-0.4, -0.2) is 32.8 Å². The highest BCUT2D eigenvalue weighted by Crippen LogP contribution is 2.52. The molecule has 0 aromatic rings. The van der Waals surface area contributed by atoms with Crippen LogP contribution in [0.15, 0.2) is 12.2 Å². The quantitative estimate of drug-likeness (QED) is 0.450. The van der Waals surface area contributed by atoms with Crippen LogP contribution < -0.4 is 0 Å². The number of carbonyl (C=O) groups is 4. The minimum Gasteiger partial charge on any atom is -0.469 e. The van der Waals surface area contributed by atoms with Gasteiger partial charge in [0.2, 0.25) is 0 Å². The summed E-state index contributed by atoms with van der Waals surface area (Å²) in [4.78, 5) is 47.5. The summed E-state index contributed by atoms with van der Waals surface area (Å²) in [5.41, 5.74) is -2.53. The predicted octanol–water partition coefficient (Wildman–Crippen LogP) is 1.99. The van der Waals surface area contributed by atoms with Crippen LogP contribution in [0.1, 0.15) is 6.42 Å². The highest BCUT2D eigenvalue weighted by atomic mass is 35.5. The number of hydroxylamine groups is 2. The third kappa shape index (κ3) is 2.51. The fraction of sp³-hybridized carbons (Fsp3) is 0.455. The first-order valence-electron chi connectivity index (χ1n) is 5.65. The lowest BCUT2D eigenvalue weighted by Crippen LogP contribution is -2.33. The van der Waals surface area contributed by atoms with E-state index in [2.05, 4.69) is 16.4 Å². The van der Waals surface area contributed by atoms with Gasteiger partial charge in [0.25, 0.3) is 11.8 Å². The van der Waals surface area contributed by atoms with E-state index in [0.717, 1.165) is 6.42 Å². The molecule has 4 unspecified atom stereocenters. The van der Waals surface area contributed by atoms with Gasteiger partial charge in [-0.3, -0.25) is 9.59 Å². The summed E-state index contributed by atoms with van der Waals surface area (Å²) in [7, 11) is 0. The van der Waals surface area contributed by atoms with Gasteiger partial charge in [0.05, 0.1) is 11.8 Å². The monoisotopic (exact) mass is 321 g/mol. The van der Waals surface area contributed by atoms with Crippen LogP contribution in [0.5, 0.6) is 0 Å². The second kappa shape index (κ2) is 5.41. The first kappa shape index (κ1) is 14.8. The Kier molecular flexibility index (Phi) is 4.01. The molecule has 0 aromatic heterocycles. The van der Waals surface area contributed by atoms with Gasteiger partial charge in [0.15, 0.2) is 0 Å². The molecule has 1 saturated carbocycles. The topological polar surface area (TPSA) is 101 Å². The molecule has 0 aromatic carbocycles. The summed E-state index contributed by atoms with van der Waals surface area (Å²) >= 11 is 9.20. The molecule has 7 nitrogen and oxygen atoms in total. The second-order valence-electron chi connectivity index (χ2n) is 4.55. The van der Waals surface area contributed by atoms with Gasteiger partial charge in [-0.05, 0) is 18.3 Å². The smallest absolute Gasteiger partial charge is 0.428 e. The molecule has 1 N–H and O–H groups in total. The molecule has 3 aliphatic rings. The molecular formula is C11H9Cl2NO6. The van der Waals surface area contributed by atoms with Crippen LogP contribution in [0.2, 0.25) is 0 Å². The predicted molar refractivity (Wildman–Crippen MR) is 65.8 cm³/mol. The van der Waals surface area contributed by atoms with Crippen molar-refractivity contribution >= 4 is 45.9 Å². The first-order chi connectivity index (χ1) is 9.32. The Morgan fingerprint density at radius 2 is 1.55 bits per heavy atom. The zero-order valence-corrected chi connectivity index (χ0v) is 11.4. The summed E-state index contributed by atoms with van der Waals surface area (Å²) in [6.07, 6.45) is 4.77. The molecule has 2 aliphatic carbocycles. The molecule has 4 atom stereocenters. The minimum atomic E-state index is -1.36. The molecule has 20 heavy (non-hydrogen) atoms. The number of allylic oxidation sites excluding steroid dienone is 2. The van der Waals surface area contributed by atoms with Gasteiger partial charge < -0.3 is 9.94 Å². The van der Waals surface area contributed by atoms with E-state index in [9.17, 15) is 14.4 Å². The summed E-state index contributed by atoms with van der Waals surface area (Å²) in [5.74, 6) is -1.41. The summed E-state index contributed by atoms with van der Waals surface area (Å²) < 4.78 is 0. The van der Waals surface area contributed by atoms with Crippen LogP contribution in [0.3, 0.4) is 0 Å². The largest absolute Gasteiger partial charge is 0.469 e. The van der Waals surface area contributed by atoms with Crippen molar-refractivity contribution in [3.05, 3.63) is 12.2 Å². The zero-order valence-electron chi connectivity index (χ0n) is 9.86. The molecule has 9 heteroatoms. The second-order valence-corrected chi connectivity index (χ2v) is 5.18. The molecule has 2 bridgehead atoms. The molecule has 1 heterocycles. The maximum Gasteiger partial charge on any atom is 0.428 e. The summed E-state index contributed by atoms with van der Waals surface area (Å²) in [6.45, 7) is 0. The van der Waals surface area contributed by atoms with Gasteiger partial charge in [-0.1, -0.05) is 12.2 Å². The van der Waals surface area contributed by atoms with Crippen LogP contribution in [0, 0.1) is 23.7 Å². The molecule has 0 spiro atoms. The Hall–Kier alpha value is -1.60. The summed E-state index contributed by atoms with van der Waals surface area (Å²) in [6, 6.07) is 0. The van der Waals surface area contributed by atoms with Crippen LogP contribution in [0.25, 0.3) is 0 Å². The van der Waals surface area contributed by atoms with E-state index in [1.54, 1.807) is 0 Å². The average molecular weight is 322 g/mol. The number of amides is 2. The van der Waals surface area contributed by atoms with Crippen molar-refractivity contribution in [1.82, 2.24) is 5.06 Å². The van der Waals surface area contributed by atoms with Gasteiger partial charge >= 0.3 is 10.9 Å². The van der Waals surface area contributed by atoms with Crippen LogP contribution in [-0.2, 0) is 14.4 Å². The average Bonchev–Trinajstić information content (AvgIpc) is 2.97. The minimum absolute atomic E-state index is 0.102. The number of hydrogen-bond donors (Lipinski definition) is 1. The SMILES string of the molecule is O=C(Cl)ON1C(=O)C2C3C=CC(C3)C2C1=O.O=C(O)Cl. The fourth-order valence-electron chi connectivity index (χ4n) is 3.04. The molecule has 3 rings (SSSR count). The Morgan fingerprint density at radius 1 is 1.15 bits per heavy atom. The molecule has 108 valence electrons. The van der Waals surface area contributed by atoms with E-state index < -0.39 is 22.7 Å². The van der Waals surface area contributed by atoms with E-state index in [-0.39, 0.29) is 23.7 Å². The van der Waals surface area contributed by atoms with E-state index in [4.69, 9.17) is 21.5 Å². The van der Waals surface area contributed by atoms with Crippen molar-refractivity contribution in [2.75, 3.05) is 0 Å². The lowest BCUT2D eigenvalue weighted by Gasteiger charge is -2.13. The van der Waals surface area contributed by atoms with Crippen molar-refractivity contribution in [2.45, 2.75) is 6.42 Å². The molecular weight excluding hydrogens is 313 g/mol. The standard InChI is InChI=1S/C10H8ClNO4.CHClO2/c11-10(15)16-12-8(13)6-4-1-2-5(3-4)7(6)9(12)14;2-1(3)4/h1-2,4-7H,3H2;(H,3,4). The highest BCUT2D eigenvalue weighted by molar-refractivity contribution is 6.61. The number of imide groups is 1. The van der Waals surface area contributed by atoms with Crippen LogP contribution in [0.4, 0.5) is 9.59 Å². The third-order valence-corrected chi connectivity index (χ3v) is 3.66. The molecule has 1 aliphatic heterocycles. The molecule has 0 radical (unpaired) electrons. The number of carbonyl (C=O) groups excluding carboxylic acids is 3. The fourth-order valence-corrected chi connectivity index (χ4v) is 3.11. The molecule has 2 amide bonds. The molecule has 2 fully saturated rings. The Balaban J connectivity index is 0.000000328. The number of rotatable bonds is 1. The van der Waals surface area contributed by atoms with Crippen LogP contribution >= 0.6 is 23.2 Å².